The van der Waals surface area contributed by atoms with Gasteiger partial charge in [0.25, 0.3) is 5.67 Å². The Morgan fingerprint density at radius 3 is 1.07 bits per heavy atom. The lowest BCUT2D eigenvalue weighted by Gasteiger charge is -2.46. The maximum Gasteiger partial charge on any atom is 0.408 e. The van der Waals surface area contributed by atoms with Crippen molar-refractivity contribution in [2.24, 2.45) is 10.8 Å². The average Bonchev–Trinajstić information content (AvgIpc) is 2.57. The molecule has 3 unspecified atom stereocenters. The molecule has 2 aliphatic carbocycles. The Labute approximate surface area is 135 Å². The molecule has 27 heavy (non-hydrogen) atoms. The summed E-state index contributed by atoms with van der Waals surface area (Å²) < 4.78 is 227. The zero-order chi connectivity index (χ0) is 22.1. The fraction of sp³-hybridized carbons (Fsp3) is 1.00. The molecule has 0 amide bonds. The maximum absolute atomic E-state index is 14.3. The lowest BCUT2D eigenvalue weighted by atomic mass is 9.62. The molecule has 2 aliphatic rings. The molecule has 3 atom stereocenters. The summed E-state index contributed by atoms with van der Waals surface area (Å²) in [7, 11) is 0. The average molecular weight is 444 g/mol. The summed E-state index contributed by atoms with van der Waals surface area (Å²) >= 11 is 0. The molecule has 160 valence electrons. The van der Waals surface area contributed by atoms with Crippen LogP contribution in [0.25, 0.3) is 0 Å². The van der Waals surface area contributed by atoms with Crippen molar-refractivity contribution in [2.45, 2.75) is 48.1 Å². The Morgan fingerprint density at radius 1 is 0.519 bits per heavy atom. The van der Waals surface area contributed by atoms with Crippen LogP contribution >= 0.6 is 0 Å². The van der Waals surface area contributed by atoms with Crippen LogP contribution in [0.3, 0.4) is 0 Å². The minimum absolute atomic E-state index is 6.35. The van der Waals surface area contributed by atoms with Crippen LogP contribution in [0.2, 0.25) is 0 Å². The van der Waals surface area contributed by atoms with Gasteiger partial charge in [-0.15, -0.1) is 0 Å². The van der Waals surface area contributed by atoms with Crippen LogP contribution in [0.5, 0.6) is 0 Å². The van der Waals surface area contributed by atoms with Gasteiger partial charge in [-0.2, -0.15) is 65.9 Å². The van der Waals surface area contributed by atoms with E-state index >= 15 is 0 Å². The molecule has 0 aromatic rings. The van der Waals surface area contributed by atoms with E-state index < -0.39 is 59.0 Å². The molecule has 2 bridgehead atoms. The summed E-state index contributed by atoms with van der Waals surface area (Å²) in [5.41, 5.74) is -24.2. The second-order valence-corrected chi connectivity index (χ2v) is 5.84. The topological polar surface area (TPSA) is 0 Å². The van der Waals surface area contributed by atoms with E-state index in [4.69, 9.17) is 0 Å². The van der Waals surface area contributed by atoms with Crippen LogP contribution in [0, 0.1) is 10.8 Å². The summed E-state index contributed by atoms with van der Waals surface area (Å²) in [6, 6.07) is 0. The van der Waals surface area contributed by atoms with Gasteiger partial charge in [-0.3, -0.25) is 0 Å². The van der Waals surface area contributed by atoms with Gasteiger partial charge in [0.1, 0.15) is 0 Å². The first kappa shape index (κ1) is 22.1. The van der Waals surface area contributed by atoms with E-state index in [2.05, 4.69) is 0 Å². The van der Waals surface area contributed by atoms with E-state index in [0.29, 0.717) is 0 Å². The van der Waals surface area contributed by atoms with Crippen molar-refractivity contribution in [2.75, 3.05) is 0 Å². The number of alkyl halides is 17. The Morgan fingerprint density at radius 2 is 0.852 bits per heavy atom. The van der Waals surface area contributed by atoms with Gasteiger partial charge in [-0.05, 0) is 0 Å². The van der Waals surface area contributed by atoms with E-state index in [1.807, 2.05) is 0 Å². The molecule has 0 aromatic heterocycles. The lowest BCUT2D eigenvalue weighted by Crippen LogP contribution is -2.71. The predicted octanol–water partition coefficient (Wildman–Crippen LogP) is 5.63. The van der Waals surface area contributed by atoms with E-state index in [9.17, 15) is 74.6 Å². The Hall–Kier alpha value is -1.19. The standard InChI is InChI=1S/C10HF17/c11-1-2(8(19,20)21)4(9(22,23)24,10(25,26)27)5(14,3(1,12)13)7(17,18)6(2,15)16/h1H. The molecule has 0 N–H and O–H groups in total. The number of rotatable bonds is 0. The molecule has 0 aliphatic heterocycles. The van der Waals surface area contributed by atoms with Crippen molar-refractivity contribution in [3.8, 4) is 0 Å². The highest BCUT2D eigenvalue weighted by molar-refractivity contribution is 5.46. The number of hydrogen-bond donors (Lipinski definition) is 0. The minimum Gasteiger partial charge on any atom is -0.239 e. The third kappa shape index (κ3) is 1.53. The molecule has 17 heteroatoms. The van der Waals surface area contributed by atoms with E-state index in [0.717, 1.165) is 0 Å². The number of fused-ring (bicyclic) bond motifs is 2. The molecule has 2 fully saturated rings. The molecule has 0 saturated heterocycles. The zero-order valence-corrected chi connectivity index (χ0v) is 11.5. The van der Waals surface area contributed by atoms with Crippen LogP contribution in [-0.2, 0) is 0 Å². The van der Waals surface area contributed by atoms with Crippen molar-refractivity contribution in [3.05, 3.63) is 0 Å². The molecular weight excluding hydrogens is 443 g/mol. The van der Waals surface area contributed by atoms with Crippen LogP contribution in [0.4, 0.5) is 74.6 Å². The molecule has 2 saturated carbocycles. The van der Waals surface area contributed by atoms with Crippen molar-refractivity contribution < 1.29 is 74.6 Å². The molecule has 0 radical (unpaired) electrons. The molecule has 0 aromatic carbocycles. The fourth-order valence-corrected chi connectivity index (χ4v) is 3.99. The summed E-state index contributed by atoms with van der Waals surface area (Å²) in [4.78, 5) is 0. The van der Waals surface area contributed by atoms with Crippen LogP contribution in [0.15, 0.2) is 0 Å². The zero-order valence-electron chi connectivity index (χ0n) is 11.5. The largest absolute Gasteiger partial charge is 0.408 e. The normalized spacial score (nSPS) is 39.7. The third-order valence-corrected chi connectivity index (χ3v) is 4.89. The van der Waals surface area contributed by atoms with E-state index in [1.54, 1.807) is 0 Å². The molecular formula is C10HF17. The second kappa shape index (κ2) is 4.52. The van der Waals surface area contributed by atoms with Crippen molar-refractivity contribution >= 4 is 0 Å². The van der Waals surface area contributed by atoms with Gasteiger partial charge in [0.15, 0.2) is 11.6 Å². The molecule has 0 heterocycles. The van der Waals surface area contributed by atoms with Gasteiger partial charge in [-0.1, -0.05) is 0 Å². The number of halogens is 17. The molecule has 0 spiro atoms. The predicted molar refractivity (Wildman–Crippen MR) is 46.6 cm³/mol. The first-order chi connectivity index (χ1) is 11.4. The second-order valence-electron chi connectivity index (χ2n) is 5.84. The first-order valence-corrected chi connectivity index (χ1v) is 6.07. The van der Waals surface area contributed by atoms with Crippen LogP contribution in [-0.4, -0.2) is 48.1 Å². The van der Waals surface area contributed by atoms with Gasteiger partial charge in [0.05, 0.1) is 0 Å². The van der Waals surface area contributed by atoms with Gasteiger partial charge >= 0.3 is 36.3 Å². The van der Waals surface area contributed by atoms with Gasteiger partial charge in [-0.25, -0.2) is 8.78 Å². The first-order valence-electron chi connectivity index (χ1n) is 6.07. The summed E-state index contributed by atoms with van der Waals surface area (Å²) in [5, 5.41) is 0. The highest BCUT2D eigenvalue weighted by Crippen LogP contribution is 2.92. The molecule has 2 rings (SSSR count). The Bertz CT molecular complexity index is 634. The lowest BCUT2D eigenvalue weighted by molar-refractivity contribution is -0.443. The van der Waals surface area contributed by atoms with Crippen LogP contribution < -0.4 is 0 Å². The molecule has 0 nitrogen and oxygen atoms in total. The van der Waals surface area contributed by atoms with Crippen molar-refractivity contribution in [3.63, 3.8) is 0 Å². The smallest absolute Gasteiger partial charge is 0.239 e. The third-order valence-electron chi connectivity index (χ3n) is 4.89. The minimum atomic E-state index is -8.23. The van der Waals surface area contributed by atoms with Crippen LogP contribution in [0.1, 0.15) is 0 Å². The van der Waals surface area contributed by atoms with Crippen molar-refractivity contribution in [1.29, 1.82) is 0 Å². The van der Waals surface area contributed by atoms with Gasteiger partial charge in [0, 0.05) is 0 Å². The monoisotopic (exact) mass is 444 g/mol. The fourth-order valence-electron chi connectivity index (χ4n) is 3.99. The van der Waals surface area contributed by atoms with Crippen molar-refractivity contribution in [1.82, 2.24) is 0 Å². The number of hydrogen-bond acceptors (Lipinski definition) is 0. The summed E-state index contributed by atoms with van der Waals surface area (Å²) in [5.74, 6) is -23.3. The summed E-state index contributed by atoms with van der Waals surface area (Å²) in [6.07, 6.45) is -30.8. The highest BCUT2D eigenvalue weighted by Gasteiger charge is 3.20. The SMILES string of the molecule is FC1C(F)(F)C2(F)C(F)(F)C(F)(F)C1(C(F)(F)F)C2(C(F)(F)F)C(F)(F)F. The Kier molecular flexibility index (Phi) is 3.70. The van der Waals surface area contributed by atoms with E-state index in [-0.39, 0.29) is 0 Å². The Balaban J connectivity index is 3.37. The maximum atomic E-state index is 14.3. The van der Waals surface area contributed by atoms with Gasteiger partial charge in [0.2, 0.25) is 5.41 Å². The highest BCUT2D eigenvalue weighted by atomic mass is 19.4. The summed E-state index contributed by atoms with van der Waals surface area (Å²) in [6.45, 7) is 0. The van der Waals surface area contributed by atoms with Gasteiger partial charge < -0.3 is 0 Å². The quantitative estimate of drug-likeness (QED) is 0.426. The van der Waals surface area contributed by atoms with E-state index in [1.165, 1.54) is 0 Å².